The molecule has 0 fully saturated rings. The first-order valence-electron chi connectivity index (χ1n) is 6.29. The summed E-state index contributed by atoms with van der Waals surface area (Å²) in [5.41, 5.74) is 7.23. The highest BCUT2D eigenvalue weighted by Gasteiger charge is 2.15. The van der Waals surface area contributed by atoms with Crippen LogP contribution in [0.25, 0.3) is 0 Å². The van der Waals surface area contributed by atoms with E-state index in [1.165, 1.54) is 0 Å². The molecular formula is C14H23FN2. The summed E-state index contributed by atoms with van der Waals surface area (Å²) < 4.78 is 14.0. The van der Waals surface area contributed by atoms with Gasteiger partial charge in [0.15, 0.2) is 0 Å². The third kappa shape index (κ3) is 3.19. The van der Waals surface area contributed by atoms with Gasteiger partial charge in [0.1, 0.15) is 5.82 Å². The summed E-state index contributed by atoms with van der Waals surface area (Å²) in [6.45, 7) is 6.11. The van der Waals surface area contributed by atoms with Crippen molar-refractivity contribution in [3.05, 3.63) is 29.6 Å². The zero-order valence-corrected chi connectivity index (χ0v) is 11.2. The van der Waals surface area contributed by atoms with Crippen LogP contribution >= 0.6 is 0 Å². The minimum absolute atomic E-state index is 0.128. The van der Waals surface area contributed by atoms with Crippen molar-refractivity contribution in [3.63, 3.8) is 0 Å². The summed E-state index contributed by atoms with van der Waals surface area (Å²) in [6, 6.07) is 5.52. The van der Waals surface area contributed by atoms with E-state index in [0.717, 1.165) is 18.4 Å². The Morgan fingerprint density at radius 3 is 2.29 bits per heavy atom. The van der Waals surface area contributed by atoms with Gasteiger partial charge in [-0.05, 0) is 37.5 Å². The van der Waals surface area contributed by atoms with E-state index in [1.54, 1.807) is 6.07 Å². The van der Waals surface area contributed by atoms with Crippen molar-refractivity contribution >= 4 is 5.69 Å². The number of nitrogens with zero attached hydrogens (tertiary/aromatic N) is 1. The van der Waals surface area contributed by atoms with Crippen molar-refractivity contribution in [2.45, 2.75) is 45.7 Å². The molecule has 0 aliphatic heterocycles. The van der Waals surface area contributed by atoms with Crippen LogP contribution in [-0.4, -0.2) is 13.1 Å². The van der Waals surface area contributed by atoms with E-state index < -0.39 is 0 Å². The highest BCUT2D eigenvalue weighted by Crippen LogP contribution is 2.24. The predicted octanol–water partition coefficient (Wildman–Crippen LogP) is 3.47. The van der Waals surface area contributed by atoms with Crippen molar-refractivity contribution in [1.29, 1.82) is 0 Å². The van der Waals surface area contributed by atoms with Gasteiger partial charge in [-0.25, -0.2) is 4.39 Å². The van der Waals surface area contributed by atoms with Gasteiger partial charge in [0, 0.05) is 19.1 Å². The normalized spacial score (nSPS) is 12.9. The van der Waals surface area contributed by atoms with Crippen LogP contribution in [0.5, 0.6) is 0 Å². The number of benzene rings is 1. The van der Waals surface area contributed by atoms with Crippen molar-refractivity contribution in [2.24, 2.45) is 5.73 Å². The fraction of sp³-hybridized carbons (Fsp3) is 0.571. The van der Waals surface area contributed by atoms with Gasteiger partial charge in [-0.15, -0.1) is 0 Å². The first kappa shape index (κ1) is 14.0. The molecule has 2 nitrogen and oxygen atoms in total. The maximum absolute atomic E-state index is 14.0. The van der Waals surface area contributed by atoms with Crippen LogP contribution in [0.2, 0.25) is 0 Å². The van der Waals surface area contributed by atoms with Gasteiger partial charge in [0.05, 0.1) is 5.69 Å². The molecule has 2 N–H and O–H groups in total. The quantitative estimate of drug-likeness (QED) is 0.851. The summed E-state index contributed by atoms with van der Waals surface area (Å²) >= 11 is 0. The number of anilines is 1. The van der Waals surface area contributed by atoms with Crippen molar-refractivity contribution < 1.29 is 4.39 Å². The van der Waals surface area contributed by atoms with Crippen LogP contribution in [0.3, 0.4) is 0 Å². The molecule has 0 spiro atoms. The number of nitrogens with two attached hydrogens (primary N) is 1. The second kappa shape index (κ2) is 6.01. The highest BCUT2D eigenvalue weighted by atomic mass is 19.1. The Balaban J connectivity index is 2.99. The van der Waals surface area contributed by atoms with Gasteiger partial charge >= 0.3 is 0 Å². The van der Waals surface area contributed by atoms with Gasteiger partial charge < -0.3 is 10.6 Å². The lowest BCUT2D eigenvalue weighted by Crippen LogP contribution is -2.31. The molecule has 0 amide bonds. The first-order chi connectivity index (χ1) is 8.01. The van der Waals surface area contributed by atoms with Crippen molar-refractivity contribution in [2.75, 3.05) is 11.9 Å². The average Bonchev–Trinajstić information content (AvgIpc) is 2.30. The fourth-order valence-electron chi connectivity index (χ4n) is 2.13. The molecule has 0 unspecified atom stereocenters. The third-order valence-corrected chi connectivity index (χ3v) is 3.37. The Labute approximate surface area is 104 Å². The smallest absolute Gasteiger partial charge is 0.146 e. The summed E-state index contributed by atoms with van der Waals surface area (Å²) in [5, 5.41) is 0. The zero-order valence-electron chi connectivity index (χ0n) is 11.2. The standard InChI is InChI=1S/C14H23FN2/c1-5-12(6-2)17(4)14-8-7-11(10(3)16)9-13(14)15/h7-10,12H,5-6,16H2,1-4H3/t10-/m1/s1. The van der Waals surface area contributed by atoms with Crippen LogP contribution in [-0.2, 0) is 0 Å². The SMILES string of the molecule is CCC(CC)N(C)c1ccc([C@@H](C)N)cc1F. The molecule has 0 aliphatic carbocycles. The number of hydrogen-bond acceptors (Lipinski definition) is 2. The monoisotopic (exact) mass is 238 g/mol. The molecule has 0 saturated heterocycles. The molecule has 0 bridgehead atoms. The molecule has 0 saturated carbocycles. The van der Waals surface area contributed by atoms with Crippen molar-refractivity contribution in [3.8, 4) is 0 Å². The van der Waals surface area contributed by atoms with Gasteiger partial charge in [-0.1, -0.05) is 19.9 Å². The van der Waals surface area contributed by atoms with E-state index in [9.17, 15) is 4.39 Å². The van der Waals surface area contributed by atoms with Crippen LogP contribution in [0, 0.1) is 5.82 Å². The predicted molar refractivity (Wildman–Crippen MR) is 71.8 cm³/mol. The zero-order chi connectivity index (χ0) is 13.0. The third-order valence-electron chi connectivity index (χ3n) is 3.37. The molecule has 1 aromatic carbocycles. The van der Waals surface area contributed by atoms with Gasteiger partial charge in [-0.2, -0.15) is 0 Å². The Bertz CT molecular complexity index is 359. The maximum atomic E-state index is 14.0. The second-order valence-corrected chi connectivity index (χ2v) is 4.58. The largest absolute Gasteiger partial charge is 0.369 e. The highest BCUT2D eigenvalue weighted by molar-refractivity contribution is 5.49. The molecule has 3 heteroatoms. The first-order valence-corrected chi connectivity index (χ1v) is 6.29. The molecule has 17 heavy (non-hydrogen) atoms. The van der Waals surface area contributed by atoms with E-state index in [0.29, 0.717) is 11.7 Å². The molecular weight excluding hydrogens is 215 g/mol. The molecule has 1 rings (SSSR count). The van der Waals surface area contributed by atoms with Gasteiger partial charge in [-0.3, -0.25) is 0 Å². The Morgan fingerprint density at radius 2 is 1.88 bits per heavy atom. The minimum Gasteiger partial charge on any atom is -0.369 e. The minimum atomic E-state index is -0.186. The molecule has 0 aromatic heterocycles. The molecule has 1 aromatic rings. The Hall–Kier alpha value is -1.09. The average molecular weight is 238 g/mol. The number of rotatable bonds is 5. The Kier molecular flexibility index (Phi) is 4.94. The van der Waals surface area contributed by atoms with E-state index in [4.69, 9.17) is 5.73 Å². The summed E-state index contributed by atoms with van der Waals surface area (Å²) in [5.74, 6) is -0.186. The van der Waals surface area contributed by atoms with Gasteiger partial charge in [0.2, 0.25) is 0 Å². The molecule has 0 heterocycles. The summed E-state index contributed by atoms with van der Waals surface area (Å²) in [7, 11) is 1.95. The second-order valence-electron chi connectivity index (χ2n) is 4.58. The molecule has 96 valence electrons. The van der Waals surface area contributed by atoms with Crippen LogP contribution in [0.1, 0.15) is 45.2 Å². The lowest BCUT2D eigenvalue weighted by Gasteiger charge is -2.29. The Morgan fingerprint density at radius 1 is 1.29 bits per heavy atom. The van der Waals surface area contributed by atoms with Crippen LogP contribution in [0.15, 0.2) is 18.2 Å². The van der Waals surface area contributed by atoms with E-state index in [2.05, 4.69) is 13.8 Å². The van der Waals surface area contributed by atoms with Crippen LogP contribution in [0.4, 0.5) is 10.1 Å². The number of halogens is 1. The molecule has 0 radical (unpaired) electrons. The fourth-order valence-corrected chi connectivity index (χ4v) is 2.13. The van der Waals surface area contributed by atoms with Crippen molar-refractivity contribution in [1.82, 2.24) is 0 Å². The van der Waals surface area contributed by atoms with E-state index in [-0.39, 0.29) is 11.9 Å². The maximum Gasteiger partial charge on any atom is 0.146 e. The van der Waals surface area contributed by atoms with Crippen LogP contribution < -0.4 is 10.6 Å². The molecule has 0 aliphatic rings. The van der Waals surface area contributed by atoms with E-state index >= 15 is 0 Å². The lowest BCUT2D eigenvalue weighted by atomic mass is 10.1. The lowest BCUT2D eigenvalue weighted by molar-refractivity contribution is 0.564. The number of hydrogen-bond donors (Lipinski definition) is 1. The molecule has 1 atom stereocenters. The topological polar surface area (TPSA) is 29.3 Å². The van der Waals surface area contributed by atoms with E-state index in [1.807, 2.05) is 31.0 Å². The summed E-state index contributed by atoms with van der Waals surface area (Å²) in [6.07, 6.45) is 2.03. The summed E-state index contributed by atoms with van der Waals surface area (Å²) in [4.78, 5) is 2.01. The van der Waals surface area contributed by atoms with Gasteiger partial charge in [0.25, 0.3) is 0 Å².